The standard InChI is InChI=1S/C24H27FN4O7/c1-14-26-22(32)28(23(33)29(14)24-35-20(30)21(31)36-24)10-4-9-27-16-7-8-17(27)12-15(11-16)13-34-19-6-3-2-5-18(19)25/h2-3,5-6,15-17,24H,4,7-13H2,1H3. The SMILES string of the molecule is Cc1nc(=O)n(CCCN2C3CCC2CC(COc2ccccc2F)C3)c(=O)n1C1OC(=O)C(=O)O1. The van der Waals surface area contributed by atoms with Crippen molar-refractivity contribution in [3.63, 3.8) is 0 Å². The largest absolute Gasteiger partial charge is 0.490 e. The second-order valence-corrected chi connectivity index (χ2v) is 9.42. The van der Waals surface area contributed by atoms with Gasteiger partial charge in [-0.25, -0.2) is 32.7 Å². The van der Waals surface area contributed by atoms with Crippen LogP contribution in [0.1, 0.15) is 44.3 Å². The van der Waals surface area contributed by atoms with E-state index in [4.69, 9.17) is 14.2 Å². The molecule has 0 N–H and O–H groups in total. The molecule has 3 aliphatic rings. The van der Waals surface area contributed by atoms with Crippen molar-refractivity contribution in [3.8, 4) is 5.75 Å². The lowest BCUT2D eigenvalue weighted by molar-refractivity contribution is -0.155. The van der Waals surface area contributed by atoms with Gasteiger partial charge in [0.05, 0.1) is 6.61 Å². The minimum absolute atomic E-state index is 0.0218. The third-order valence-electron chi connectivity index (χ3n) is 7.16. The van der Waals surface area contributed by atoms with Crippen LogP contribution in [-0.2, 0) is 25.6 Å². The van der Waals surface area contributed by atoms with Crippen LogP contribution >= 0.6 is 0 Å². The molecule has 3 fully saturated rings. The Morgan fingerprint density at radius 1 is 1.03 bits per heavy atom. The highest BCUT2D eigenvalue weighted by Crippen LogP contribution is 2.39. The Morgan fingerprint density at radius 2 is 1.69 bits per heavy atom. The van der Waals surface area contributed by atoms with E-state index < -0.39 is 29.7 Å². The maximum Gasteiger partial charge on any atom is 0.422 e. The summed E-state index contributed by atoms with van der Waals surface area (Å²) in [5, 5.41) is 0. The number of piperidine rings is 1. The fourth-order valence-electron chi connectivity index (χ4n) is 5.51. The zero-order valence-corrected chi connectivity index (χ0v) is 19.8. The van der Waals surface area contributed by atoms with Crippen LogP contribution in [0.5, 0.6) is 5.75 Å². The molecule has 0 radical (unpaired) electrons. The molecule has 0 amide bonds. The van der Waals surface area contributed by atoms with Gasteiger partial charge >= 0.3 is 29.7 Å². The molecule has 5 rings (SSSR count). The molecule has 2 bridgehead atoms. The number of para-hydroxylation sites is 1. The predicted octanol–water partition coefficient (Wildman–Crippen LogP) is 1.12. The van der Waals surface area contributed by atoms with Gasteiger partial charge in [-0.3, -0.25) is 4.90 Å². The number of nitrogens with zero attached hydrogens (tertiary/aromatic N) is 4. The summed E-state index contributed by atoms with van der Waals surface area (Å²) in [5.74, 6) is -2.18. The molecule has 36 heavy (non-hydrogen) atoms. The molecule has 3 saturated heterocycles. The molecule has 1 aromatic heterocycles. The minimum Gasteiger partial charge on any atom is -0.490 e. The maximum absolute atomic E-state index is 13.8. The van der Waals surface area contributed by atoms with Gasteiger partial charge in [0.25, 0.3) is 0 Å². The highest BCUT2D eigenvalue weighted by molar-refractivity contribution is 6.30. The van der Waals surface area contributed by atoms with Crippen molar-refractivity contribution < 1.29 is 28.2 Å². The molecule has 3 aliphatic heterocycles. The monoisotopic (exact) mass is 502 g/mol. The summed E-state index contributed by atoms with van der Waals surface area (Å²) in [4.78, 5) is 54.3. The van der Waals surface area contributed by atoms with Crippen molar-refractivity contribution in [3.05, 3.63) is 56.9 Å². The quantitative estimate of drug-likeness (QED) is 0.386. The molecule has 1 aromatic carbocycles. The molecular formula is C24H27FN4O7. The molecule has 0 aliphatic carbocycles. The van der Waals surface area contributed by atoms with Crippen LogP contribution in [0.2, 0.25) is 0 Å². The molecular weight excluding hydrogens is 475 g/mol. The summed E-state index contributed by atoms with van der Waals surface area (Å²) in [5.41, 5.74) is -1.47. The molecule has 2 unspecified atom stereocenters. The van der Waals surface area contributed by atoms with Gasteiger partial charge in [0.1, 0.15) is 5.82 Å². The van der Waals surface area contributed by atoms with Crippen LogP contribution in [0.4, 0.5) is 4.39 Å². The average molecular weight is 502 g/mol. The smallest absolute Gasteiger partial charge is 0.422 e. The molecule has 192 valence electrons. The molecule has 2 aromatic rings. The number of aromatic nitrogens is 3. The number of ether oxygens (including phenoxy) is 3. The van der Waals surface area contributed by atoms with E-state index in [9.17, 15) is 23.6 Å². The number of carbonyl (C=O) groups is 2. The van der Waals surface area contributed by atoms with E-state index in [1.54, 1.807) is 18.2 Å². The van der Waals surface area contributed by atoms with E-state index in [0.29, 0.717) is 37.6 Å². The van der Waals surface area contributed by atoms with Gasteiger partial charge in [-0.2, -0.15) is 4.98 Å². The molecule has 0 spiro atoms. The Kier molecular flexibility index (Phi) is 6.61. The van der Waals surface area contributed by atoms with Crippen molar-refractivity contribution in [2.75, 3.05) is 13.2 Å². The topological polar surface area (TPSA) is 122 Å². The van der Waals surface area contributed by atoms with Gasteiger partial charge in [-0.05, 0) is 57.1 Å². The first-order chi connectivity index (χ1) is 17.3. The number of hydrogen-bond donors (Lipinski definition) is 0. The lowest BCUT2D eigenvalue weighted by Crippen LogP contribution is -2.46. The normalized spacial score (nSPS) is 24.1. The van der Waals surface area contributed by atoms with Gasteiger partial charge in [-0.1, -0.05) is 12.1 Å². The van der Waals surface area contributed by atoms with E-state index >= 15 is 0 Å². The maximum atomic E-state index is 13.8. The highest BCUT2D eigenvalue weighted by Gasteiger charge is 2.41. The average Bonchev–Trinajstić information content (AvgIpc) is 3.28. The second kappa shape index (κ2) is 9.84. The summed E-state index contributed by atoms with van der Waals surface area (Å²) in [6.45, 7) is 2.69. The summed E-state index contributed by atoms with van der Waals surface area (Å²) in [6.07, 6.45) is 2.99. The van der Waals surface area contributed by atoms with Crippen molar-refractivity contribution in [2.24, 2.45) is 5.92 Å². The fraction of sp³-hybridized carbons (Fsp3) is 0.542. The first kappa shape index (κ1) is 24.2. The van der Waals surface area contributed by atoms with Crippen molar-refractivity contribution >= 4 is 11.9 Å². The Hall–Kier alpha value is -3.54. The summed E-state index contributed by atoms with van der Waals surface area (Å²) in [6, 6.07) is 7.16. The Balaban J connectivity index is 1.19. The lowest BCUT2D eigenvalue weighted by atomic mass is 9.91. The third-order valence-corrected chi connectivity index (χ3v) is 7.16. The zero-order chi connectivity index (χ0) is 25.4. The number of esters is 2. The first-order valence-corrected chi connectivity index (χ1v) is 12.1. The fourth-order valence-corrected chi connectivity index (χ4v) is 5.51. The van der Waals surface area contributed by atoms with Crippen molar-refractivity contribution in [1.82, 2.24) is 19.0 Å². The van der Waals surface area contributed by atoms with Gasteiger partial charge in [0.15, 0.2) is 11.6 Å². The number of halogens is 1. The van der Waals surface area contributed by atoms with Crippen LogP contribution < -0.4 is 16.1 Å². The summed E-state index contributed by atoms with van der Waals surface area (Å²) in [7, 11) is 0. The van der Waals surface area contributed by atoms with Crippen LogP contribution in [0.3, 0.4) is 0 Å². The van der Waals surface area contributed by atoms with E-state index in [2.05, 4.69) is 9.88 Å². The van der Waals surface area contributed by atoms with E-state index in [-0.39, 0.29) is 23.9 Å². The van der Waals surface area contributed by atoms with E-state index in [1.165, 1.54) is 13.0 Å². The third kappa shape index (κ3) is 4.64. The van der Waals surface area contributed by atoms with Gasteiger partial charge in [0.2, 0.25) is 0 Å². The van der Waals surface area contributed by atoms with Gasteiger partial charge in [0, 0.05) is 25.2 Å². The number of cyclic esters (lactones) is 2. The molecule has 2 atom stereocenters. The van der Waals surface area contributed by atoms with Gasteiger partial charge < -0.3 is 14.2 Å². The number of rotatable bonds is 8. The van der Waals surface area contributed by atoms with Crippen LogP contribution in [-0.4, -0.2) is 56.2 Å². The number of benzene rings is 1. The number of aryl methyl sites for hydroxylation is 1. The molecule has 12 heteroatoms. The van der Waals surface area contributed by atoms with Crippen molar-refractivity contribution in [1.29, 1.82) is 0 Å². The number of carbonyl (C=O) groups excluding carboxylic acids is 2. The lowest BCUT2D eigenvalue weighted by Gasteiger charge is -2.39. The first-order valence-electron chi connectivity index (χ1n) is 12.1. The predicted molar refractivity (Wildman–Crippen MR) is 121 cm³/mol. The number of hydrogen-bond acceptors (Lipinski definition) is 9. The molecule has 0 saturated carbocycles. The summed E-state index contributed by atoms with van der Waals surface area (Å²) >= 11 is 0. The van der Waals surface area contributed by atoms with Gasteiger partial charge in [-0.15, -0.1) is 0 Å². The van der Waals surface area contributed by atoms with Crippen molar-refractivity contribution in [2.45, 2.75) is 64.1 Å². The van der Waals surface area contributed by atoms with Crippen LogP contribution in [0.25, 0.3) is 0 Å². The van der Waals surface area contributed by atoms with E-state index in [0.717, 1.165) is 34.8 Å². The Bertz CT molecular complexity index is 1260. The summed E-state index contributed by atoms with van der Waals surface area (Å²) < 4.78 is 31.0. The Labute approximate surface area is 205 Å². The minimum atomic E-state index is -1.57. The highest BCUT2D eigenvalue weighted by atomic mass is 19.1. The Morgan fingerprint density at radius 3 is 2.36 bits per heavy atom. The molecule has 4 heterocycles. The molecule has 11 nitrogen and oxygen atoms in total. The zero-order valence-electron chi connectivity index (χ0n) is 19.8. The van der Waals surface area contributed by atoms with Crippen LogP contribution in [0.15, 0.2) is 33.9 Å². The second-order valence-electron chi connectivity index (χ2n) is 9.42. The van der Waals surface area contributed by atoms with E-state index in [1.807, 2.05) is 0 Å². The van der Waals surface area contributed by atoms with Crippen LogP contribution in [0, 0.1) is 18.7 Å². The number of fused-ring (bicyclic) bond motifs is 2.